The molecule has 3 aromatic rings. The van der Waals surface area contributed by atoms with E-state index in [9.17, 15) is 9.59 Å². The van der Waals surface area contributed by atoms with Crippen LogP contribution in [0.5, 0.6) is 0 Å². The molecule has 1 atom stereocenters. The Labute approximate surface area is 184 Å². The van der Waals surface area contributed by atoms with Crippen LogP contribution in [0, 0.1) is 0 Å². The third-order valence-corrected chi connectivity index (χ3v) is 6.47. The van der Waals surface area contributed by atoms with Crippen molar-refractivity contribution in [1.29, 1.82) is 0 Å². The first kappa shape index (κ1) is 21.1. The predicted molar refractivity (Wildman–Crippen MR) is 121 cm³/mol. The summed E-state index contributed by atoms with van der Waals surface area (Å²) < 4.78 is 7.46. The number of carbonyl (C=O) groups excluding carboxylic acids is 1. The van der Waals surface area contributed by atoms with E-state index in [1.54, 1.807) is 22.8 Å². The Morgan fingerprint density at radius 2 is 2.07 bits per heavy atom. The summed E-state index contributed by atoms with van der Waals surface area (Å²) in [7, 11) is 0. The molecule has 2 aromatic carbocycles. The number of Topliss-reactive ketones (excluding diaryl/α,β-unsaturated/α-hetero) is 1. The number of hydrogen-bond donors (Lipinski definition) is 0. The van der Waals surface area contributed by atoms with Crippen molar-refractivity contribution >= 4 is 40.0 Å². The molecular weight excluding hydrogens is 420 g/mol. The molecular formula is C23H23ClN2O3S. The maximum Gasteiger partial charge on any atom is 0.262 e. The van der Waals surface area contributed by atoms with Crippen molar-refractivity contribution < 1.29 is 9.53 Å². The Balaban J connectivity index is 1.50. The Kier molecular flexibility index (Phi) is 6.87. The van der Waals surface area contributed by atoms with E-state index in [1.165, 1.54) is 11.8 Å². The quantitative estimate of drug-likeness (QED) is 0.213. The SMILES string of the molecule is O=C(CCCSc1nc2cc(Cl)ccc2c(=O)n1C[C@@H]1CCCO1)c1ccccc1. The lowest BCUT2D eigenvalue weighted by Gasteiger charge is -2.16. The number of fused-ring (bicyclic) bond motifs is 1. The van der Waals surface area contributed by atoms with Gasteiger partial charge in [0.1, 0.15) is 0 Å². The van der Waals surface area contributed by atoms with E-state index < -0.39 is 0 Å². The zero-order valence-electron chi connectivity index (χ0n) is 16.6. The fourth-order valence-corrected chi connectivity index (χ4v) is 4.72. The van der Waals surface area contributed by atoms with Gasteiger partial charge in [-0.3, -0.25) is 14.2 Å². The van der Waals surface area contributed by atoms with E-state index >= 15 is 0 Å². The molecule has 7 heteroatoms. The first-order valence-corrected chi connectivity index (χ1v) is 11.5. The summed E-state index contributed by atoms with van der Waals surface area (Å²) >= 11 is 7.61. The summed E-state index contributed by atoms with van der Waals surface area (Å²) in [6, 6.07) is 14.5. The molecule has 4 rings (SSSR count). The molecule has 0 radical (unpaired) electrons. The highest BCUT2D eigenvalue weighted by Crippen LogP contribution is 2.23. The van der Waals surface area contributed by atoms with Gasteiger partial charge in [0.15, 0.2) is 10.9 Å². The van der Waals surface area contributed by atoms with Gasteiger partial charge in [-0.25, -0.2) is 4.98 Å². The second-order valence-corrected chi connectivity index (χ2v) is 8.85. The van der Waals surface area contributed by atoms with Gasteiger partial charge in [-0.2, -0.15) is 0 Å². The van der Waals surface area contributed by atoms with Gasteiger partial charge in [0.2, 0.25) is 0 Å². The summed E-state index contributed by atoms with van der Waals surface area (Å²) in [6.45, 7) is 1.23. The molecule has 1 fully saturated rings. The second kappa shape index (κ2) is 9.77. The zero-order chi connectivity index (χ0) is 20.9. The fourth-order valence-electron chi connectivity index (χ4n) is 3.60. The lowest BCUT2D eigenvalue weighted by atomic mass is 10.1. The molecule has 0 amide bonds. The van der Waals surface area contributed by atoms with Crippen LogP contribution >= 0.6 is 23.4 Å². The van der Waals surface area contributed by atoms with Gasteiger partial charge in [0.25, 0.3) is 5.56 Å². The average Bonchev–Trinajstić information content (AvgIpc) is 3.27. The molecule has 0 spiro atoms. The monoisotopic (exact) mass is 442 g/mol. The molecule has 2 heterocycles. The van der Waals surface area contributed by atoms with Crippen molar-refractivity contribution in [2.45, 2.75) is 43.5 Å². The molecule has 0 bridgehead atoms. The van der Waals surface area contributed by atoms with E-state index in [1.807, 2.05) is 30.3 Å². The third-order valence-electron chi connectivity index (χ3n) is 5.17. The number of nitrogens with zero attached hydrogens (tertiary/aromatic N) is 2. The highest BCUT2D eigenvalue weighted by Gasteiger charge is 2.20. The minimum Gasteiger partial charge on any atom is -0.376 e. The number of rotatable bonds is 8. The number of ether oxygens (including phenoxy) is 1. The van der Waals surface area contributed by atoms with Crippen LogP contribution in [0.15, 0.2) is 58.5 Å². The van der Waals surface area contributed by atoms with Crippen molar-refractivity contribution in [3.8, 4) is 0 Å². The van der Waals surface area contributed by atoms with Crippen LogP contribution in [0.4, 0.5) is 0 Å². The first-order chi connectivity index (χ1) is 14.6. The maximum atomic E-state index is 13.1. The van der Waals surface area contributed by atoms with Crippen LogP contribution in [0.2, 0.25) is 5.02 Å². The number of halogens is 1. The van der Waals surface area contributed by atoms with Crippen LogP contribution < -0.4 is 5.56 Å². The maximum absolute atomic E-state index is 13.1. The summed E-state index contributed by atoms with van der Waals surface area (Å²) in [4.78, 5) is 30.2. The third kappa shape index (κ3) is 4.94. The Bertz CT molecular complexity index is 1090. The fraction of sp³-hybridized carbons (Fsp3) is 0.348. The number of carbonyl (C=O) groups is 1. The van der Waals surface area contributed by atoms with E-state index in [0.29, 0.717) is 46.2 Å². The molecule has 0 aliphatic carbocycles. The van der Waals surface area contributed by atoms with Crippen LogP contribution in [0.1, 0.15) is 36.0 Å². The summed E-state index contributed by atoms with van der Waals surface area (Å²) in [5.41, 5.74) is 1.25. The molecule has 156 valence electrons. The zero-order valence-corrected chi connectivity index (χ0v) is 18.1. The smallest absolute Gasteiger partial charge is 0.262 e. The molecule has 1 aliphatic rings. The number of thioether (sulfide) groups is 1. The summed E-state index contributed by atoms with van der Waals surface area (Å²) in [5.74, 6) is 0.828. The van der Waals surface area contributed by atoms with Crippen molar-refractivity contribution in [2.24, 2.45) is 0 Å². The van der Waals surface area contributed by atoms with Gasteiger partial charge in [-0.1, -0.05) is 53.7 Å². The summed E-state index contributed by atoms with van der Waals surface area (Å²) in [5, 5.41) is 1.76. The minimum absolute atomic E-state index is 0.0354. The van der Waals surface area contributed by atoms with Crippen molar-refractivity contribution in [3.63, 3.8) is 0 Å². The van der Waals surface area contributed by atoms with Gasteiger partial charge in [-0.15, -0.1) is 0 Å². The minimum atomic E-state index is -0.0740. The number of aromatic nitrogens is 2. The van der Waals surface area contributed by atoms with Gasteiger partial charge in [0, 0.05) is 29.4 Å². The topological polar surface area (TPSA) is 61.2 Å². The van der Waals surface area contributed by atoms with Crippen LogP contribution in [0.25, 0.3) is 10.9 Å². The molecule has 5 nitrogen and oxygen atoms in total. The molecule has 0 N–H and O–H groups in total. The predicted octanol–water partition coefficient (Wildman–Crippen LogP) is 4.98. The van der Waals surface area contributed by atoms with Crippen molar-refractivity contribution in [1.82, 2.24) is 9.55 Å². The van der Waals surface area contributed by atoms with E-state index in [2.05, 4.69) is 0 Å². The molecule has 0 unspecified atom stereocenters. The highest BCUT2D eigenvalue weighted by molar-refractivity contribution is 7.99. The lowest BCUT2D eigenvalue weighted by molar-refractivity contribution is 0.0937. The standard InChI is InChI=1S/C23H23ClN2O3S/c24-17-10-11-19-20(14-17)25-23(26(22(19)28)15-18-8-4-12-29-18)30-13-5-9-21(27)16-6-2-1-3-7-16/h1-3,6-7,10-11,14,18H,4-5,8-9,12-13,15H2/t18-/m0/s1. The largest absolute Gasteiger partial charge is 0.376 e. The molecule has 30 heavy (non-hydrogen) atoms. The average molecular weight is 443 g/mol. The molecule has 1 aliphatic heterocycles. The van der Waals surface area contributed by atoms with E-state index in [4.69, 9.17) is 21.3 Å². The molecule has 1 saturated heterocycles. The van der Waals surface area contributed by atoms with Crippen LogP contribution in [-0.4, -0.2) is 33.8 Å². The number of hydrogen-bond acceptors (Lipinski definition) is 5. The second-order valence-electron chi connectivity index (χ2n) is 7.35. The Hall–Kier alpha value is -2.15. The van der Waals surface area contributed by atoms with Crippen LogP contribution in [-0.2, 0) is 11.3 Å². The molecule has 0 saturated carbocycles. The van der Waals surface area contributed by atoms with Gasteiger partial charge >= 0.3 is 0 Å². The normalized spacial score (nSPS) is 16.2. The van der Waals surface area contributed by atoms with Crippen LogP contribution in [0.3, 0.4) is 0 Å². The van der Waals surface area contributed by atoms with E-state index in [0.717, 1.165) is 25.0 Å². The Morgan fingerprint density at radius 1 is 1.23 bits per heavy atom. The summed E-state index contributed by atoms with van der Waals surface area (Å²) in [6.07, 6.45) is 3.17. The lowest BCUT2D eigenvalue weighted by Crippen LogP contribution is -2.28. The van der Waals surface area contributed by atoms with E-state index in [-0.39, 0.29) is 17.4 Å². The van der Waals surface area contributed by atoms with Gasteiger partial charge in [0.05, 0.1) is 23.6 Å². The van der Waals surface area contributed by atoms with Gasteiger partial charge < -0.3 is 4.74 Å². The number of benzene rings is 2. The highest BCUT2D eigenvalue weighted by atomic mass is 35.5. The molecule has 1 aromatic heterocycles. The van der Waals surface area contributed by atoms with Gasteiger partial charge in [-0.05, 0) is 37.5 Å². The first-order valence-electron chi connectivity index (χ1n) is 10.1. The van der Waals surface area contributed by atoms with Crippen molar-refractivity contribution in [2.75, 3.05) is 12.4 Å². The number of ketones is 1. The Morgan fingerprint density at radius 3 is 2.83 bits per heavy atom. The van der Waals surface area contributed by atoms with Crippen molar-refractivity contribution in [3.05, 3.63) is 69.5 Å².